The summed E-state index contributed by atoms with van der Waals surface area (Å²) in [7, 11) is 1.46. The van der Waals surface area contributed by atoms with Gasteiger partial charge in [-0.25, -0.2) is 4.39 Å². The SMILES string of the molecule is CC(CC#N)N(C)C(=O)c1cc(F)cc([N+](=O)[O-])c1. The molecule has 100 valence electrons. The zero-order valence-corrected chi connectivity index (χ0v) is 10.5. The van der Waals surface area contributed by atoms with E-state index < -0.39 is 22.3 Å². The Kier molecular flexibility index (Phi) is 4.53. The second kappa shape index (κ2) is 5.91. The van der Waals surface area contributed by atoms with Crippen LogP contribution in [-0.2, 0) is 0 Å². The van der Waals surface area contributed by atoms with Crippen LogP contribution in [0.1, 0.15) is 23.7 Å². The maximum atomic E-state index is 13.2. The van der Waals surface area contributed by atoms with Crippen molar-refractivity contribution in [3.8, 4) is 6.07 Å². The smallest absolute Gasteiger partial charge is 0.273 e. The fourth-order valence-electron chi connectivity index (χ4n) is 1.48. The van der Waals surface area contributed by atoms with Crippen LogP contribution in [0.25, 0.3) is 0 Å². The van der Waals surface area contributed by atoms with E-state index in [0.29, 0.717) is 0 Å². The van der Waals surface area contributed by atoms with Crippen molar-refractivity contribution in [2.45, 2.75) is 19.4 Å². The number of carbonyl (C=O) groups excluding carboxylic acids is 1. The number of carbonyl (C=O) groups is 1. The number of nitriles is 1. The lowest BCUT2D eigenvalue weighted by Gasteiger charge is -2.22. The number of nitro benzene ring substituents is 1. The molecule has 0 fully saturated rings. The van der Waals surface area contributed by atoms with Crippen LogP contribution in [-0.4, -0.2) is 28.8 Å². The monoisotopic (exact) mass is 265 g/mol. The van der Waals surface area contributed by atoms with Gasteiger partial charge in [0.25, 0.3) is 11.6 Å². The highest BCUT2D eigenvalue weighted by Gasteiger charge is 2.20. The van der Waals surface area contributed by atoms with Crippen molar-refractivity contribution < 1.29 is 14.1 Å². The van der Waals surface area contributed by atoms with Crippen molar-refractivity contribution in [3.05, 3.63) is 39.7 Å². The summed E-state index contributed by atoms with van der Waals surface area (Å²) in [6.45, 7) is 1.66. The molecule has 1 amide bonds. The summed E-state index contributed by atoms with van der Waals surface area (Å²) >= 11 is 0. The van der Waals surface area contributed by atoms with E-state index in [-0.39, 0.29) is 18.0 Å². The molecule has 0 radical (unpaired) electrons. The van der Waals surface area contributed by atoms with Crippen molar-refractivity contribution in [2.24, 2.45) is 0 Å². The number of hydrogen-bond acceptors (Lipinski definition) is 4. The van der Waals surface area contributed by atoms with Crippen molar-refractivity contribution in [3.63, 3.8) is 0 Å². The molecule has 0 spiro atoms. The van der Waals surface area contributed by atoms with E-state index in [4.69, 9.17) is 5.26 Å². The average molecular weight is 265 g/mol. The fourth-order valence-corrected chi connectivity index (χ4v) is 1.48. The molecule has 19 heavy (non-hydrogen) atoms. The van der Waals surface area contributed by atoms with E-state index >= 15 is 0 Å². The molecule has 0 heterocycles. The topological polar surface area (TPSA) is 87.2 Å². The van der Waals surface area contributed by atoms with Gasteiger partial charge in [-0.1, -0.05) is 0 Å². The quantitative estimate of drug-likeness (QED) is 0.616. The van der Waals surface area contributed by atoms with Gasteiger partial charge in [0.2, 0.25) is 0 Å². The van der Waals surface area contributed by atoms with Gasteiger partial charge in [-0.3, -0.25) is 14.9 Å². The molecule has 0 bridgehead atoms. The second-order valence-corrected chi connectivity index (χ2v) is 4.08. The van der Waals surface area contributed by atoms with Gasteiger partial charge >= 0.3 is 0 Å². The number of nitro groups is 1. The van der Waals surface area contributed by atoms with Crippen molar-refractivity contribution in [1.29, 1.82) is 5.26 Å². The first-order valence-corrected chi connectivity index (χ1v) is 5.46. The third kappa shape index (κ3) is 3.48. The largest absolute Gasteiger partial charge is 0.338 e. The zero-order valence-electron chi connectivity index (χ0n) is 10.5. The van der Waals surface area contributed by atoms with Crippen LogP contribution < -0.4 is 0 Å². The average Bonchev–Trinajstić information content (AvgIpc) is 2.36. The lowest BCUT2D eigenvalue weighted by atomic mass is 10.1. The van der Waals surface area contributed by atoms with Crippen LogP contribution >= 0.6 is 0 Å². The number of nitrogens with zero attached hydrogens (tertiary/aromatic N) is 3. The van der Waals surface area contributed by atoms with Gasteiger partial charge in [0.15, 0.2) is 0 Å². The number of amides is 1. The zero-order chi connectivity index (χ0) is 14.6. The summed E-state index contributed by atoms with van der Waals surface area (Å²) in [6.07, 6.45) is 0.125. The molecular formula is C12H12FN3O3. The number of hydrogen-bond donors (Lipinski definition) is 0. The summed E-state index contributed by atoms with van der Waals surface area (Å²) in [5.41, 5.74) is -0.594. The van der Waals surface area contributed by atoms with Gasteiger partial charge in [-0.05, 0) is 13.0 Å². The Morgan fingerprint density at radius 2 is 2.21 bits per heavy atom. The lowest BCUT2D eigenvalue weighted by molar-refractivity contribution is -0.385. The minimum absolute atomic E-state index is 0.112. The number of halogens is 1. The molecule has 0 saturated heterocycles. The Morgan fingerprint density at radius 1 is 1.58 bits per heavy atom. The Labute approximate surface area is 109 Å². The summed E-state index contributed by atoms with van der Waals surface area (Å²) in [5.74, 6) is -1.41. The van der Waals surface area contributed by atoms with E-state index in [9.17, 15) is 19.3 Å². The fraction of sp³-hybridized carbons (Fsp3) is 0.333. The van der Waals surface area contributed by atoms with Gasteiger partial charge in [0.1, 0.15) is 5.82 Å². The molecule has 0 N–H and O–H groups in total. The van der Waals surface area contributed by atoms with Gasteiger partial charge in [0, 0.05) is 24.7 Å². The maximum Gasteiger partial charge on any atom is 0.273 e. The van der Waals surface area contributed by atoms with E-state index in [0.717, 1.165) is 18.2 Å². The minimum Gasteiger partial charge on any atom is -0.338 e. The first-order valence-electron chi connectivity index (χ1n) is 5.46. The minimum atomic E-state index is -0.848. The number of rotatable bonds is 4. The number of non-ortho nitro benzene ring substituents is 1. The van der Waals surface area contributed by atoms with Crippen molar-refractivity contribution in [2.75, 3.05) is 7.05 Å². The van der Waals surface area contributed by atoms with Crippen LogP contribution in [0, 0.1) is 27.3 Å². The Hall–Kier alpha value is -2.49. The van der Waals surface area contributed by atoms with Gasteiger partial charge in [-0.2, -0.15) is 5.26 Å². The van der Waals surface area contributed by atoms with Gasteiger partial charge < -0.3 is 4.90 Å². The van der Waals surface area contributed by atoms with Crippen LogP contribution in [0.3, 0.4) is 0 Å². The number of benzene rings is 1. The predicted molar refractivity (Wildman–Crippen MR) is 64.8 cm³/mol. The highest BCUT2D eigenvalue weighted by molar-refractivity contribution is 5.94. The van der Waals surface area contributed by atoms with E-state index in [1.165, 1.54) is 11.9 Å². The van der Waals surface area contributed by atoms with Crippen LogP contribution in [0.4, 0.5) is 10.1 Å². The van der Waals surface area contributed by atoms with Gasteiger partial charge in [0.05, 0.1) is 23.5 Å². The molecule has 1 atom stereocenters. The molecule has 7 heteroatoms. The molecule has 0 aliphatic rings. The summed E-state index contributed by atoms with van der Waals surface area (Å²) < 4.78 is 13.2. The van der Waals surface area contributed by atoms with Crippen LogP contribution in [0.15, 0.2) is 18.2 Å². The molecule has 0 aliphatic heterocycles. The first kappa shape index (κ1) is 14.6. The second-order valence-electron chi connectivity index (χ2n) is 4.08. The van der Waals surface area contributed by atoms with Crippen LogP contribution in [0.5, 0.6) is 0 Å². The third-order valence-electron chi connectivity index (χ3n) is 2.71. The summed E-state index contributed by atoms with van der Waals surface area (Å²) in [4.78, 5) is 23.1. The third-order valence-corrected chi connectivity index (χ3v) is 2.71. The lowest BCUT2D eigenvalue weighted by Crippen LogP contribution is -2.34. The molecule has 1 unspecified atom stereocenters. The Morgan fingerprint density at radius 3 is 2.74 bits per heavy atom. The predicted octanol–water partition coefficient (Wildman–Crippen LogP) is 2.11. The van der Waals surface area contributed by atoms with Crippen molar-refractivity contribution in [1.82, 2.24) is 4.90 Å². The molecule has 0 aliphatic carbocycles. The van der Waals surface area contributed by atoms with Gasteiger partial charge in [-0.15, -0.1) is 0 Å². The van der Waals surface area contributed by atoms with E-state index in [1.807, 2.05) is 6.07 Å². The van der Waals surface area contributed by atoms with E-state index in [2.05, 4.69) is 0 Å². The molecule has 0 aromatic heterocycles. The van der Waals surface area contributed by atoms with Crippen molar-refractivity contribution >= 4 is 11.6 Å². The highest BCUT2D eigenvalue weighted by Crippen LogP contribution is 2.18. The first-order chi connectivity index (χ1) is 8.86. The van der Waals surface area contributed by atoms with Crippen LogP contribution in [0.2, 0.25) is 0 Å². The summed E-state index contributed by atoms with van der Waals surface area (Å²) in [6, 6.07) is 4.25. The Balaban J connectivity index is 3.06. The molecule has 0 saturated carbocycles. The molecule has 1 rings (SSSR count). The molecule has 1 aromatic rings. The van der Waals surface area contributed by atoms with E-state index in [1.54, 1.807) is 6.92 Å². The molecular weight excluding hydrogens is 253 g/mol. The normalized spacial score (nSPS) is 11.5. The maximum absolute atomic E-state index is 13.2. The Bertz CT molecular complexity index is 554. The molecule has 6 nitrogen and oxygen atoms in total. The molecule has 1 aromatic carbocycles. The standard InChI is InChI=1S/C12H12FN3O3/c1-8(3-4-14)15(2)12(17)9-5-10(13)7-11(6-9)16(18)19/h5-8H,3H2,1-2H3. The highest BCUT2D eigenvalue weighted by atomic mass is 19.1. The summed E-state index contributed by atoms with van der Waals surface area (Å²) in [5, 5.41) is 19.2.